The third-order valence-electron chi connectivity index (χ3n) is 4.76. The SMILES string of the molecule is FC(F)(F)c1cccc(SC=CC(=Nc2ccc(-c3ccccc3)cc2)Oc2ccccc2)c1. The Bertz CT molecular complexity index is 1270. The highest BCUT2D eigenvalue weighted by molar-refractivity contribution is 8.02. The van der Waals surface area contributed by atoms with Crippen molar-refractivity contribution >= 4 is 23.3 Å². The predicted octanol–water partition coefficient (Wildman–Crippen LogP) is 8.79. The number of aliphatic imine (C=N–C) groups is 1. The van der Waals surface area contributed by atoms with Gasteiger partial charge in [-0.25, -0.2) is 4.99 Å². The second-order valence-electron chi connectivity index (χ2n) is 7.22. The van der Waals surface area contributed by atoms with Gasteiger partial charge in [-0.2, -0.15) is 13.2 Å². The molecule has 0 radical (unpaired) electrons. The molecule has 4 aromatic rings. The van der Waals surface area contributed by atoms with Gasteiger partial charge in [-0.15, -0.1) is 0 Å². The Kier molecular flexibility index (Phi) is 7.50. The van der Waals surface area contributed by atoms with E-state index in [2.05, 4.69) is 4.99 Å². The largest absolute Gasteiger partial charge is 0.439 e. The number of benzene rings is 4. The lowest BCUT2D eigenvalue weighted by Gasteiger charge is -2.08. The average molecular weight is 476 g/mol. The molecule has 170 valence electrons. The van der Waals surface area contributed by atoms with Gasteiger partial charge in [-0.3, -0.25) is 0 Å². The van der Waals surface area contributed by atoms with E-state index in [1.807, 2.05) is 84.9 Å². The topological polar surface area (TPSA) is 21.6 Å². The van der Waals surface area contributed by atoms with Crippen LogP contribution >= 0.6 is 11.8 Å². The van der Waals surface area contributed by atoms with Crippen LogP contribution in [0, 0.1) is 0 Å². The Morgan fingerprint density at radius 3 is 2.06 bits per heavy atom. The number of nitrogens with zero attached hydrogens (tertiary/aromatic N) is 1. The minimum atomic E-state index is -4.38. The van der Waals surface area contributed by atoms with E-state index in [4.69, 9.17) is 4.74 Å². The number of hydrogen-bond acceptors (Lipinski definition) is 3. The maximum Gasteiger partial charge on any atom is 0.416 e. The quantitative estimate of drug-likeness (QED) is 0.158. The maximum absolute atomic E-state index is 13.0. The summed E-state index contributed by atoms with van der Waals surface area (Å²) in [7, 11) is 0. The van der Waals surface area contributed by atoms with E-state index in [1.54, 1.807) is 17.6 Å². The monoisotopic (exact) mass is 475 g/mol. The van der Waals surface area contributed by atoms with Crippen LogP contribution in [0.2, 0.25) is 0 Å². The fraction of sp³-hybridized carbons (Fsp3) is 0.0357. The van der Waals surface area contributed by atoms with Crippen molar-refractivity contribution in [3.05, 3.63) is 126 Å². The van der Waals surface area contributed by atoms with Gasteiger partial charge in [0.1, 0.15) is 5.75 Å². The first kappa shape index (κ1) is 23.4. The van der Waals surface area contributed by atoms with E-state index in [0.29, 0.717) is 22.2 Å². The summed E-state index contributed by atoms with van der Waals surface area (Å²) in [4.78, 5) is 5.06. The smallest absolute Gasteiger partial charge is 0.416 e. The number of hydrogen-bond donors (Lipinski definition) is 0. The standard InChI is InChI=1S/C28H20F3NOS/c29-28(30,31)23-10-7-13-26(20-23)34-19-18-27(33-25-11-5-2-6-12-25)32-24-16-14-22(15-17-24)21-8-3-1-4-9-21/h1-20H. The summed E-state index contributed by atoms with van der Waals surface area (Å²) < 4.78 is 44.8. The molecular weight excluding hydrogens is 455 g/mol. The lowest BCUT2D eigenvalue weighted by molar-refractivity contribution is -0.137. The van der Waals surface area contributed by atoms with Crippen molar-refractivity contribution in [1.82, 2.24) is 0 Å². The molecule has 6 heteroatoms. The Labute approximate surface area is 200 Å². The zero-order valence-corrected chi connectivity index (χ0v) is 18.8. The molecule has 4 rings (SSSR count). The highest BCUT2D eigenvalue weighted by Crippen LogP contribution is 2.32. The predicted molar refractivity (Wildman–Crippen MR) is 132 cm³/mol. The van der Waals surface area contributed by atoms with Crippen molar-refractivity contribution in [3.63, 3.8) is 0 Å². The first-order chi connectivity index (χ1) is 16.5. The fourth-order valence-corrected chi connectivity index (χ4v) is 3.80. The van der Waals surface area contributed by atoms with Crippen molar-refractivity contribution in [2.75, 3.05) is 0 Å². The molecule has 0 unspecified atom stereocenters. The molecule has 0 bridgehead atoms. The van der Waals surface area contributed by atoms with Crippen LogP contribution < -0.4 is 4.74 Å². The zero-order valence-electron chi connectivity index (χ0n) is 17.9. The molecule has 0 aliphatic heterocycles. The second-order valence-corrected chi connectivity index (χ2v) is 8.20. The summed E-state index contributed by atoms with van der Waals surface area (Å²) in [5.74, 6) is 0.925. The van der Waals surface area contributed by atoms with Crippen LogP contribution in [0.3, 0.4) is 0 Å². The Morgan fingerprint density at radius 2 is 1.38 bits per heavy atom. The molecule has 0 atom stereocenters. The van der Waals surface area contributed by atoms with Crippen LogP contribution in [-0.2, 0) is 6.18 Å². The third-order valence-corrected chi connectivity index (χ3v) is 5.55. The van der Waals surface area contributed by atoms with Crippen LogP contribution in [0.1, 0.15) is 5.56 Å². The summed E-state index contributed by atoms with van der Waals surface area (Å²) in [6.45, 7) is 0. The van der Waals surface area contributed by atoms with E-state index < -0.39 is 11.7 Å². The third kappa shape index (κ3) is 6.62. The van der Waals surface area contributed by atoms with Crippen molar-refractivity contribution in [3.8, 4) is 16.9 Å². The molecule has 4 aromatic carbocycles. The van der Waals surface area contributed by atoms with E-state index in [0.717, 1.165) is 35.0 Å². The minimum absolute atomic E-state index is 0.318. The number of para-hydroxylation sites is 1. The first-order valence-corrected chi connectivity index (χ1v) is 11.3. The Morgan fingerprint density at radius 1 is 0.735 bits per heavy atom. The number of halogens is 3. The van der Waals surface area contributed by atoms with Crippen molar-refractivity contribution in [2.45, 2.75) is 11.1 Å². The van der Waals surface area contributed by atoms with Crippen LogP contribution in [0.15, 0.2) is 131 Å². The number of rotatable bonds is 6. The highest BCUT2D eigenvalue weighted by atomic mass is 32.2. The maximum atomic E-state index is 13.0. The van der Waals surface area contributed by atoms with Crippen molar-refractivity contribution in [2.24, 2.45) is 4.99 Å². The van der Waals surface area contributed by atoms with Gasteiger partial charge in [0, 0.05) is 11.0 Å². The Hall–Kier alpha value is -3.77. The van der Waals surface area contributed by atoms with Gasteiger partial charge >= 0.3 is 6.18 Å². The number of thioether (sulfide) groups is 1. The van der Waals surface area contributed by atoms with Gasteiger partial charge in [0.2, 0.25) is 5.90 Å². The molecule has 0 saturated heterocycles. The fourth-order valence-electron chi connectivity index (χ4n) is 3.11. The summed E-state index contributed by atoms with van der Waals surface area (Å²) in [5.41, 5.74) is 2.19. The van der Waals surface area contributed by atoms with E-state index >= 15 is 0 Å². The summed E-state index contributed by atoms with van der Waals surface area (Å²) in [5, 5.41) is 1.66. The molecule has 0 amide bonds. The molecule has 0 aliphatic rings. The molecule has 0 aromatic heterocycles. The van der Waals surface area contributed by atoms with Gasteiger partial charge in [0.15, 0.2) is 0 Å². The van der Waals surface area contributed by atoms with Crippen LogP contribution in [0.4, 0.5) is 18.9 Å². The first-order valence-electron chi connectivity index (χ1n) is 10.4. The van der Waals surface area contributed by atoms with Gasteiger partial charge in [0.25, 0.3) is 0 Å². The van der Waals surface area contributed by atoms with E-state index in [1.165, 1.54) is 6.07 Å². The van der Waals surface area contributed by atoms with Crippen LogP contribution in [0.5, 0.6) is 5.75 Å². The second kappa shape index (κ2) is 10.9. The number of alkyl halides is 3. The van der Waals surface area contributed by atoms with Gasteiger partial charge in [-0.1, -0.05) is 78.5 Å². The molecule has 2 nitrogen and oxygen atoms in total. The Balaban J connectivity index is 1.55. The van der Waals surface area contributed by atoms with Gasteiger partial charge < -0.3 is 4.74 Å². The average Bonchev–Trinajstić information content (AvgIpc) is 2.85. The van der Waals surface area contributed by atoms with Gasteiger partial charge in [-0.05, 0) is 59.0 Å². The molecular formula is C28H20F3NOS. The lowest BCUT2D eigenvalue weighted by atomic mass is 10.1. The minimum Gasteiger partial charge on any atom is -0.439 e. The van der Waals surface area contributed by atoms with Crippen molar-refractivity contribution in [1.29, 1.82) is 0 Å². The highest BCUT2D eigenvalue weighted by Gasteiger charge is 2.30. The lowest BCUT2D eigenvalue weighted by Crippen LogP contribution is -2.04. The molecule has 0 spiro atoms. The van der Waals surface area contributed by atoms with Crippen molar-refractivity contribution < 1.29 is 17.9 Å². The molecule has 0 heterocycles. The molecule has 0 N–H and O–H groups in total. The van der Waals surface area contributed by atoms with Crippen LogP contribution in [0.25, 0.3) is 11.1 Å². The van der Waals surface area contributed by atoms with E-state index in [-0.39, 0.29) is 0 Å². The van der Waals surface area contributed by atoms with Gasteiger partial charge in [0.05, 0.1) is 11.3 Å². The number of ether oxygens (including phenoxy) is 1. The molecule has 0 saturated carbocycles. The normalized spacial score (nSPS) is 12.1. The zero-order chi connectivity index (χ0) is 23.8. The molecule has 0 fully saturated rings. The molecule has 34 heavy (non-hydrogen) atoms. The van der Waals surface area contributed by atoms with Crippen LogP contribution in [-0.4, -0.2) is 5.90 Å². The van der Waals surface area contributed by atoms with E-state index in [9.17, 15) is 13.2 Å². The summed E-state index contributed by atoms with van der Waals surface area (Å²) >= 11 is 1.16. The summed E-state index contributed by atoms with van der Waals surface area (Å²) in [6, 6.07) is 32.2. The molecule has 0 aliphatic carbocycles. The summed E-state index contributed by atoms with van der Waals surface area (Å²) in [6.07, 6.45) is -2.74.